The minimum absolute atomic E-state index is 0.0478. The normalized spacial score (nSPS) is 10.2. The van der Waals surface area contributed by atoms with Crippen molar-refractivity contribution in [3.8, 4) is 17.4 Å². The number of ether oxygens (including phenoxy) is 2. The molecule has 0 bridgehead atoms. The molecule has 1 aromatic heterocycles. The zero-order chi connectivity index (χ0) is 13.0. The molecule has 5 nitrogen and oxygen atoms in total. The number of methoxy groups -OCH3 is 1. The molecule has 1 aromatic carbocycles. The average molecular weight is 311 g/mol. The lowest BCUT2D eigenvalue weighted by atomic mass is 10.2. The summed E-state index contributed by atoms with van der Waals surface area (Å²) >= 11 is 3.30. The number of rotatable bonds is 4. The quantitative estimate of drug-likeness (QED) is 0.940. The zero-order valence-electron chi connectivity index (χ0n) is 9.63. The Balaban J connectivity index is 2.32. The van der Waals surface area contributed by atoms with Gasteiger partial charge in [-0.1, -0.05) is 6.07 Å². The van der Waals surface area contributed by atoms with Crippen LogP contribution in [-0.2, 0) is 6.61 Å². The molecule has 0 aliphatic carbocycles. The molecule has 0 aliphatic rings. The summed E-state index contributed by atoms with van der Waals surface area (Å²) in [5.41, 5.74) is 0.751. The Morgan fingerprint density at radius 1 is 1.33 bits per heavy atom. The van der Waals surface area contributed by atoms with Gasteiger partial charge in [0.1, 0.15) is 6.33 Å². The smallest absolute Gasteiger partial charge is 0.236 e. The van der Waals surface area contributed by atoms with Crippen molar-refractivity contribution in [3.63, 3.8) is 0 Å². The summed E-state index contributed by atoms with van der Waals surface area (Å²) in [7, 11) is 1.54. The molecule has 0 aliphatic heterocycles. The number of hydrogen-bond donors (Lipinski definition) is 1. The summed E-state index contributed by atoms with van der Waals surface area (Å²) in [6.45, 7) is -0.0478. The first-order valence-corrected chi connectivity index (χ1v) is 5.95. The highest BCUT2D eigenvalue weighted by atomic mass is 79.9. The summed E-state index contributed by atoms with van der Waals surface area (Å²) in [4.78, 5) is 7.86. The van der Waals surface area contributed by atoms with Crippen molar-refractivity contribution >= 4 is 15.9 Å². The fourth-order valence-electron chi connectivity index (χ4n) is 1.38. The van der Waals surface area contributed by atoms with E-state index in [0.29, 0.717) is 21.9 Å². The third kappa shape index (κ3) is 2.77. The fourth-order valence-corrected chi connectivity index (χ4v) is 1.68. The number of benzene rings is 1. The second-order valence-corrected chi connectivity index (χ2v) is 4.28. The van der Waals surface area contributed by atoms with E-state index in [1.807, 2.05) is 0 Å². The van der Waals surface area contributed by atoms with Crippen molar-refractivity contribution in [1.82, 2.24) is 9.97 Å². The van der Waals surface area contributed by atoms with E-state index in [1.165, 1.54) is 6.33 Å². The van der Waals surface area contributed by atoms with Crippen LogP contribution in [0.15, 0.2) is 35.2 Å². The van der Waals surface area contributed by atoms with Crippen LogP contribution in [0.4, 0.5) is 0 Å². The van der Waals surface area contributed by atoms with Gasteiger partial charge in [0, 0.05) is 6.20 Å². The number of hydrogen-bond acceptors (Lipinski definition) is 5. The molecule has 0 atom stereocenters. The lowest BCUT2D eigenvalue weighted by Crippen LogP contribution is -1.95. The summed E-state index contributed by atoms with van der Waals surface area (Å²) in [5, 5.41) is 9.06. The average Bonchev–Trinajstić information content (AvgIpc) is 2.41. The number of aromatic nitrogens is 2. The first kappa shape index (κ1) is 12.8. The van der Waals surface area contributed by atoms with Crippen LogP contribution in [0.2, 0.25) is 0 Å². The number of halogens is 1. The molecule has 1 heterocycles. The van der Waals surface area contributed by atoms with E-state index in [-0.39, 0.29) is 6.61 Å². The highest BCUT2D eigenvalue weighted by molar-refractivity contribution is 9.10. The van der Waals surface area contributed by atoms with E-state index < -0.39 is 0 Å². The van der Waals surface area contributed by atoms with E-state index in [9.17, 15) is 0 Å². The highest BCUT2D eigenvalue weighted by Gasteiger charge is 2.09. The van der Waals surface area contributed by atoms with Gasteiger partial charge in [0.15, 0.2) is 11.5 Å². The SMILES string of the molecule is COc1cc(CO)ccc1Oc1ncncc1Br. The van der Waals surface area contributed by atoms with Crippen molar-refractivity contribution in [2.24, 2.45) is 0 Å². The third-order valence-electron chi connectivity index (χ3n) is 2.25. The van der Waals surface area contributed by atoms with Gasteiger partial charge >= 0.3 is 0 Å². The maximum atomic E-state index is 9.06. The Morgan fingerprint density at radius 2 is 2.17 bits per heavy atom. The maximum Gasteiger partial charge on any atom is 0.236 e. The molecule has 94 valence electrons. The standard InChI is InChI=1S/C12H11BrN2O3/c1-17-11-4-8(6-16)2-3-10(11)18-12-9(13)5-14-7-15-12/h2-5,7,16H,6H2,1H3. The predicted octanol–water partition coefficient (Wildman–Crippen LogP) is 2.53. The van der Waals surface area contributed by atoms with Crippen molar-refractivity contribution < 1.29 is 14.6 Å². The van der Waals surface area contributed by atoms with Crippen LogP contribution < -0.4 is 9.47 Å². The largest absolute Gasteiger partial charge is 0.493 e. The number of nitrogens with zero attached hydrogens (tertiary/aromatic N) is 2. The van der Waals surface area contributed by atoms with E-state index in [4.69, 9.17) is 14.6 Å². The van der Waals surface area contributed by atoms with Crippen LogP contribution in [0.3, 0.4) is 0 Å². The van der Waals surface area contributed by atoms with E-state index in [2.05, 4.69) is 25.9 Å². The van der Waals surface area contributed by atoms with Crippen LogP contribution in [0.25, 0.3) is 0 Å². The van der Waals surface area contributed by atoms with Crippen LogP contribution in [0, 0.1) is 0 Å². The number of aliphatic hydroxyl groups excluding tert-OH is 1. The summed E-state index contributed by atoms with van der Waals surface area (Å²) in [5.74, 6) is 1.46. The van der Waals surface area contributed by atoms with Gasteiger partial charge in [-0.3, -0.25) is 0 Å². The minimum atomic E-state index is -0.0478. The lowest BCUT2D eigenvalue weighted by molar-refractivity contribution is 0.280. The lowest BCUT2D eigenvalue weighted by Gasteiger charge is -2.11. The van der Waals surface area contributed by atoms with Crippen LogP contribution in [-0.4, -0.2) is 22.2 Å². The molecule has 0 radical (unpaired) electrons. The third-order valence-corrected chi connectivity index (χ3v) is 2.80. The van der Waals surface area contributed by atoms with Crippen LogP contribution in [0.1, 0.15) is 5.56 Å². The van der Waals surface area contributed by atoms with Crippen LogP contribution >= 0.6 is 15.9 Å². The van der Waals surface area contributed by atoms with Crippen molar-refractivity contribution in [1.29, 1.82) is 0 Å². The van der Waals surface area contributed by atoms with Gasteiger partial charge in [0.05, 0.1) is 18.2 Å². The fraction of sp³-hybridized carbons (Fsp3) is 0.167. The highest BCUT2D eigenvalue weighted by Crippen LogP contribution is 2.33. The molecule has 6 heteroatoms. The van der Waals surface area contributed by atoms with Gasteiger partial charge in [0.25, 0.3) is 0 Å². The molecule has 2 rings (SSSR count). The Bertz CT molecular complexity index is 549. The van der Waals surface area contributed by atoms with Crippen molar-refractivity contribution in [2.45, 2.75) is 6.61 Å². The van der Waals surface area contributed by atoms with E-state index in [1.54, 1.807) is 31.5 Å². The Kier molecular flexibility index (Phi) is 4.11. The monoisotopic (exact) mass is 310 g/mol. The molecule has 1 N–H and O–H groups in total. The molecule has 0 fully saturated rings. The number of aliphatic hydroxyl groups is 1. The molecule has 0 spiro atoms. The van der Waals surface area contributed by atoms with Gasteiger partial charge in [-0.2, -0.15) is 0 Å². The molecule has 0 amide bonds. The maximum absolute atomic E-state index is 9.06. The molecular weight excluding hydrogens is 300 g/mol. The topological polar surface area (TPSA) is 64.5 Å². The minimum Gasteiger partial charge on any atom is -0.493 e. The summed E-state index contributed by atoms with van der Waals surface area (Å²) in [6, 6.07) is 5.19. The molecular formula is C12H11BrN2O3. The second kappa shape index (κ2) is 5.79. The molecule has 2 aromatic rings. The van der Waals surface area contributed by atoms with E-state index in [0.717, 1.165) is 5.56 Å². The molecule has 0 saturated heterocycles. The molecule has 0 saturated carbocycles. The Morgan fingerprint density at radius 3 is 2.83 bits per heavy atom. The van der Waals surface area contributed by atoms with E-state index >= 15 is 0 Å². The second-order valence-electron chi connectivity index (χ2n) is 3.42. The Labute approximate surface area is 113 Å². The van der Waals surface area contributed by atoms with Crippen molar-refractivity contribution in [2.75, 3.05) is 7.11 Å². The first-order chi connectivity index (χ1) is 8.74. The van der Waals surface area contributed by atoms with Gasteiger partial charge < -0.3 is 14.6 Å². The van der Waals surface area contributed by atoms with Gasteiger partial charge in [-0.05, 0) is 33.6 Å². The zero-order valence-corrected chi connectivity index (χ0v) is 11.2. The Hall–Kier alpha value is -1.66. The van der Waals surface area contributed by atoms with Crippen molar-refractivity contribution in [3.05, 3.63) is 40.8 Å². The first-order valence-electron chi connectivity index (χ1n) is 5.15. The van der Waals surface area contributed by atoms with Crippen LogP contribution in [0.5, 0.6) is 17.4 Å². The molecule has 0 unspecified atom stereocenters. The molecule has 18 heavy (non-hydrogen) atoms. The van der Waals surface area contributed by atoms with Gasteiger partial charge in [-0.25, -0.2) is 9.97 Å². The predicted molar refractivity (Wildman–Crippen MR) is 68.7 cm³/mol. The van der Waals surface area contributed by atoms with Gasteiger partial charge in [-0.15, -0.1) is 0 Å². The van der Waals surface area contributed by atoms with Gasteiger partial charge in [0.2, 0.25) is 5.88 Å². The summed E-state index contributed by atoms with van der Waals surface area (Å²) < 4.78 is 11.5. The summed E-state index contributed by atoms with van der Waals surface area (Å²) in [6.07, 6.45) is 2.99.